The lowest BCUT2D eigenvalue weighted by atomic mass is 9.94. The van der Waals surface area contributed by atoms with E-state index in [0.29, 0.717) is 52.5 Å². The molecule has 4 rings (SSSR count). The first-order chi connectivity index (χ1) is 15.4. The average Bonchev–Trinajstić information content (AvgIpc) is 3.25. The van der Waals surface area contributed by atoms with Gasteiger partial charge in [0, 0.05) is 17.8 Å². The number of benzene rings is 1. The van der Waals surface area contributed by atoms with Gasteiger partial charge in [-0.15, -0.1) is 0 Å². The molecule has 3 N–H and O–H groups in total. The molecule has 3 aromatic rings. The van der Waals surface area contributed by atoms with Crippen LogP contribution in [-0.4, -0.2) is 47.3 Å². The highest BCUT2D eigenvalue weighted by atomic mass is 32.2. The van der Waals surface area contributed by atoms with Crippen LogP contribution >= 0.6 is 11.3 Å². The topological polar surface area (TPSA) is 113 Å². The van der Waals surface area contributed by atoms with Crippen molar-refractivity contribution >= 4 is 26.3 Å². The first kappa shape index (κ1) is 24.1. The van der Waals surface area contributed by atoms with Crippen LogP contribution in [0, 0.1) is 12.7 Å². The number of hydrogen-bond donors (Lipinski definition) is 3. The molecule has 0 amide bonds. The molecule has 0 spiro atoms. The Hall–Kier alpha value is -2.05. The number of nitrogens with zero attached hydrogens (tertiary/aromatic N) is 2. The number of rotatable bonds is 6. The maximum atomic E-state index is 15.1. The second kappa shape index (κ2) is 8.62. The van der Waals surface area contributed by atoms with Gasteiger partial charge in [-0.05, 0) is 58.6 Å². The molecule has 11 heteroatoms. The zero-order chi connectivity index (χ0) is 24.1. The molecular weight excluding hydrogens is 469 g/mol. The van der Waals surface area contributed by atoms with E-state index >= 15 is 4.39 Å². The van der Waals surface area contributed by atoms with Crippen molar-refractivity contribution in [1.82, 2.24) is 14.1 Å². The van der Waals surface area contributed by atoms with Crippen molar-refractivity contribution in [1.29, 1.82) is 0 Å². The highest BCUT2D eigenvalue weighted by Crippen LogP contribution is 2.37. The lowest BCUT2D eigenvalue weighted by Crippen LogP contribution is -2.38. The number of nitrogens with one attached hydrogen (secondary N) is 1. The quantitative estimate of drug-likeness (QED) is 0.482. The average molecular weight is 498 g/mol. The molecule has 0 aliphatic heterocycles. The lowest BCUT2D eigenvalue weighted by Gasteiger charge is -2.26. The molecule has 2 aromatic heterocycles. The molecule has 180 valence electrons. The van der Waals surface area contributed by atoms with Gasteiger partial charge in [0.2, 0.25) is 10.0 Å². The van der Waals surface area contributed by atoms with Gasteiger partial charge in [0.25, 0.3) is 0 Å². The predicted molar refractivity (Wildman–Crippen MR) is 124 cm³/mol. The molecule has 1 fully saturated rings. The summed E-state index contributed by atoms with van der Waals surface area (Å²) in [5.41, 5.74) is 0.396. The van der Waals surface area contributed by atoms with Gasteiger partial charge in [0.1, 0.15) is 4.90 Å². The lowest BCUT2D eigenvalue weighted by molar-refractivity contribution is 0.0822. The maximum absolute atomic E-state index is 15.1. The number of aryl methyl sites for hydroxylation is 1. The zero-order valence-electron chi connectivity index (χ0n) is 18.9. The summed E-state index contributed by atoms with van der Waals surface area (Å²) in [6, 6.07) is 2.27. The molecule has 1 aromatic carbocycles. The van der Waals surface area contributed by atoms with Crippen LogP contribution in [0.4, 0.5) is 4.39 Å². The Bertz CT molecular complexity index is 1290. The van der Waals surface area contributed by atoms with Crippen LogP contribution in [0.2, 0.25) is 0 Å². The van der Waals surface area contributed by atoms with Crippen molar-refractivity contribution in [2.75, 3.05) is 7.11 Å². The summed E-state index contributed by atoms with van der Waals surface area (Å²) in [6.45, 7) is 5.09. The summed E-state index contributed by atoms with van der Waals surface area (Å²) in [4.78, 5) is 5.51. The van der Waals surface area contributed by atoms with E-state index in [-0.39, 0.29) is 16.7 Å². The predicted octanol–water partition coefficient (Wildman–Crippen LogP) is 3.33. The van der Waals surface area contributed by atoms with Crippen LogP contribution in [0.1, 0.15) is 50.1 Å². The van der Waals surface area contributed by atoms with E-state index in [4.69, 9.17) is 4.74 Å². The van der Waals surface area contributed by atoms with Gasteiger partial charge >= 0.3 is 0 Å². The van der Waals surface area contributed by atoms with Crippen molar-refractivity contribution in [2.45, 2.75) is 69.1 Å². The van der Waals surface area contributed by atoms with Gasteiger partial charge in [0.15, 0.2) is 16.5 Å². The van der Waals surface area contributed by atoms with Crippen LogP contribution in [-0.2, 0) is 15.6 Å². The number of aliphatic hydroxyl groups excluding tert-OH is 1. The van der Waals surface area contributed by atoms with Gasteiger partial charge in [-0.1, -0.05) is 11.3 Å². The molecule has 2 heterocycles. The number of aromatic nitrogens is 2. The second-order valence-corrected chi connectivity index (χ2v) is 11.7. The summed E-state index contributed by atoms with van der Waals surface area (Å²) in [5, 5.41) is 20.1. The number of sulfonamides is 1. The van der Waals surface area contributed by atoms with Crippen molar-refractivity contribution in [3.8, 4) is 17.0 Å². The molecule has 0 atom stereocenters. The number of imidazole rings is 1. The van der Waals surface area contributed by atoms with Crippen molar-refractivity contribution in [3.05, 3.63) is 34.7 Å². The number of aliphatic hydroxyl groups is 2. The van der Waals surface area contributed by atoms with Gasteiger partial charge in [0.05, 0.1) is 35.1 Å². The second-order valence-electron chi connectivity index (χ2n) is 8.97. The fraction of sp³-hybridized carbons (Fsp3) is 0.500. The van der Waals surface area contributed by atoms with E-state index in [1.165, 1.54) is 30.6 Å². The smallest absolute Gasteiger partial charge is 0.244 e. The standard InChI is InChI=1S/C22H28FN3O5S2/c1-12-19(26-11-18(22(2,3)28)32-21(26)24-12)13-9-16(23)20(31-4)17(10-13)33(29,30)25-14-5-7-15(27)8-6-14/h9-11,14-15,25,27-28H,5-8H2,1-4H3/t14-,15-. The molecule has 0 unspecified atom stereocenters. The molecule has 33 heavy (non-hydrogen) atoms. The molecule has 1 aliphatic carbocycles. The van der Waals surface area contributed by atoms with Crippen LogP contribution in [0.5, 0.6) is 5.75 Å². The minimum Gasteiger partial charge on any atom is -0.492 e. The summed E-state index contributed by atoms with van der Waals surface area (Å²) in [7, 11) is -2.88. The Morgan fingerprint density at radius 2 is 1.94 bits per heavy atom. The van der Waals surface area contributed by atoms with Crippen LogP contribution in [0.15, 0.2) is 23.2 Å². The Morgan fingerprint density at radius 1 is 1.27 bits per heavy atom. The van der Waals surface area contributed by atoms with Gasteiger partial charge in [-0.25, -0.2) is 22.5 Å². The molecule has 0 saturated heterocycles. The molecule has 8 nitrogen and oxygen atoms in total. The van der Waals surface area contributed by atoms with Crippen LogP contribution < -0.4 is 9.46 Å². The fourth-order valence-corrected chi connectivity index (χ4v) is 6.70. The Balaban J connectivity index is 1.81. The Kier molecular flexibility index (Phi) is 6.29. The van der Waals surface area contributed by atoms with Crippen molar-refractivity contribution < 1.29 is 27.8 Å². The monoisotopic (exact) mass is 497 g/mol. The minimum absolute atomic E-state index is 0.293. The molecule has 0 radical (unpaired) electrons. The van der Waals surface area contributed by atoms with Crippen molar-refractivity contribution in [3.63, 3.8) is 0 Å². The summed E-state index contributed by atoms with van der Waals surface area (Å²) >= 11 is 1.31. The van der Waals surface area contributed by atoms with E-state index in [9.17, 15) is 18.6 Å². The molecule has 1 saturated carbocycles. The summed E-state index contributed by atoms with van der Waals surface area (Å²) in [6.07, 6.45) is 3.33. The molecule has 1 aliphatic rings. The third kappa shape index (κ3) is 4.65. The van der Waals surface area contributed by atoms with E-state index in [0.717, 1.165) is 0 Å². The first-order valence-electron chi connectivity index (χ1n) is 10.7. The van der Waals surface area contributed by atoms with Gasteiger partial charge in [-0.2, -0.15) is 0 Å². The van der Waals surface area contributed by atoms with Crippen molar-refractivity contribution in [2.24, 2.45) is 0 Å². The fourth-order valence-electron chi connectivity index (χ4n) is 4.16. The first-order valence-corrected chi connectivity index (χ1v) is 13.0. The number of ether oxygens (including phenoxy) is 1. The van der Waals surface area contributed by atoms with E-state index in [2.05, 4.69) is 9.71 Å². The number of fused-ring (bicyclic) bond motifs is 1. The minimum atomic E-state index is -4.10. The van der Waals surface area contributed by atoms with E-state index in [1.54, 1.807) is 31.4 Å². The van der Waals surface area contributed by atoms with E-state index in [1.807, 2.05) is 0 Å². The summed E-state index contributed by atoms with van der Waals surface area (Å²) < 4.78 is 51.1. The Labute approximate surface area is 196 Å². The normalized spacial score (nSPS) is 19.8. The molecular formula is C22H28FN3O5S2. The third-order valence-electron chi connectivity index (χ3n) is 5.90. The largest absolute Gasteiger partial charge is 0.492 e. The third-order valence-corrected chi connectivity index (χ3v) is 8.72. The summed E-state index contributed by atoms with van der Waals surface area (Å²) in [5.74, 6) is -1.16. The van der Waals surface area contributed by atoms with E-state index < -0.39 is 27.5 Å². The van der Waals surface area contributed by atoms with Gasteiger partial charge in [-0.3, -0.25) is 4.40 Å². The molecule has 0 bridgehead atoms. The SMILES string of the molecule is COc1c(F)cc(-c2c(C)nc3sc(C(C)(C)O)cn23)cc1S(=O)(=O)N[C@H]1CC[C@H](O)CC1. The van der Waals surface area contributed by atoms with Crippen LogP contribution in [0.25, 0.3) is 16.2 Å². The highest BCUT2D eigenvalue weighted by molar-refractivity contribution is 7.89. The number of thiazole rings is 1. The number of hydrogen-bond acceptors (Lipinski definition) is 7. The number of halogens is 1. The maximum Gasteiger partial charge on any atom is 0.244 e. The van der Waals surface area contributed by atoms with Crippen LogP contribution in [0.3, 0.4) is 0 Å². The number of methoxy groups -OCH3 is 1. The Morgan fingerprint density at radius 3 is 2.55 bits per heavy atom. The van der Waals surface area contributed by atoms with Gasteiger partial charge < -0.3 is 14.9 Å². The zero-order valence-corrected chi connectivity index (χ0v) is 20.6. The highest BCUT2D eigenvalue weighted by Gasteiger charge is 2.30.